The van der Waals surface area contributed by atoms with E-state index < -0.39 is 10.0 Å². The van der Waals surface area contributed by atoms with Gasteiger partial charge in [-0.3, -0.25) is 4.79 Å². The zero-order valence-corrected chi connectivity index (χ0v) is 18.9. The first kappa shape index (κ1) is 22.1. The molecule has 0 saturated carbocycles. The van der Waals surface area contributed by atoms with Crippen molar-refractivity contribution < 1.29 is 13.2 Å². The average Bonchev–Trinajstić information content (AvgIpc) is 3.13. The Hall–Kier alpha value is -2.62. The number of carbonyl (C=O) groups is 1. The Balaban J connectivity index is 1.67. The van der Waals surface area contributed by atoms with Gasteiger partial charge < -0.3 is 9.88 Å². The van der Waals surface area contributed by atoms with E-state index >= 15 is 0 Å². The van der Waals surface area contributed by atoms with Crippen molar-refractivity contribution in [1.29, 1.82) is 0 Å². The summed E-state index contributed by atoms with van der Waals surface area (Å²) in [5, 5.41) is 3.71. The molecule has 0 aliphatic heterocycles. The zero-order chi connectivity index (χ0) is 21.9. The van der Waals surface area contributed by atoms with Crippen molar-refractivity contribution in [2.24, 2.45) is 7.05 Å². The molecule has 0 fully saturated rings. The highest BCUT2D eigenvalue weighted by Crippen LogP contribution is 2.27. The van der Waals surface area contributed by atoms with Crippen LogP contribution in [0.3, 0.4) is 0 Å². The molecule has 1 heterocycles. The highest BCUT2D eigenvalue weighted by Gasteiger charge is 2.23. The minimum atomic E-state index is -3.58. The molecule has 0 saturated heterocycles. The molecule has 30 heavy (non-hydrogen) atoms. The lowest BCUT2D eigenvalue weighted by atomic mass is 10.2. The SMILES string of the molecule is CC(C)N(C)S(=O)(=O)c1ccc(C(=O)Nc2ccc(Sc3nccn3C)cc2)cc1. The van der Waals surface area contributed by atoms with Crippen LogP contribution in [0.2, 0.25) is 0 Å². The summed E-state index contributed by atoms with van der Waals surface area (Å²) in [4.78, 5) is 18.0. The topological polar surface area (TPSA) is 84.3 Å². The van der Waals surface area contributed by atoms with Gasteiger partial charge in [-0.2, -0.15) is 4.31 Å². The van der Waals surface area contributed by atoms with Crippen LogP contribution in [0.5, 0.6) is 0 Å². The molecule has 158 valence electrons. The number of hydrogen-bond acceptors (Lipinski definition) is 5. The van der Waals surface area contributed by atoms with Crippen molar-refractivity contribution in [2.75, 3.05) is 12.4 Å². The van der Waals surface area contributed by atoms with Gasteiger partial charge in [0.1, 0.15) is 0 Å². The molecule has 0 spiro atoms. The highest BCUT2D eigenvalue weighted by atomic mass is 32.2. The third kappa shape index (κ3) is 4.92. The van der Waals surface area contributed by atoms with E-state index in [-0.39, 0.29) is 16.8 Å². The number of benzene rings is 2. The van der Waals surface area contributed by atoms with Crippen LogP contribution in [0.25, 0.3) is 0 Å². The zero-order valence-electron chi connectivity index (χ0n) is 17.2. The van der Waals surface area contributed by atoms with Crippen molar-refractivity contribution in [3.05, 3.63) is 66.5 Å². The van der Waals surface area contributed by atoms with Crippen LogP contribution in [0.15, 0.2) is 75.9 Å². The third-order valence-corrected chi connectivity index (χ3v) is 7.75. The largest absolute Gasteiger partial charge is 0.329 e. The first-order valence-corrected chi connectivity index (χ1v) is 11.6. The number of nitrogens with one attached hydrogen (secondary N) is 1. The minimum absolute atomic E-state index is 0.156. The number of hydrogen-bond donors (Lipinski definition) is 1. The molecular weight excluding hydrogens is 420 g/mol. The first-order chi connectivity index (χ1) is 14.2. The third-order valence-electron chi connectivity index (χ3n) is 4.62. The molecule has 1 aromatic heterocycles. The fourth-order valence-corrected chi connectivity index (χ4v) is 4.76. The molecule has 3 rings (SSSR count). The van der Waals surface area contributed by atoms with Crippen LogP contribution in [0.1, 0.15) is 24.2 Å². The van der Waals surface area contributed by atoms with E-state index in [1.807, 2.05) is 42.1 Å². The van der Waals surface area contributed by atoms with E-state index in [1.165, 1.54) is 47.4 Å². The molecule has 7 nitrogen and oxygen atoms in total. The Morgan fingerprint density at radius 3 is 2.27 bits per heavy atom. The maximum absolute atomic E-state index is 12.5. The number of carbonyl (C=O) groups excluding carboxylic acids is 1. The van der Waals surface area contributed by atoms with Crippen LogP contribution in [-0.2, 0) is 17.1 Å². The molecule has 1 amide bonds. The van der Waals surface area contributed by atoms with Gasteiger partial charge in [-0.05, 0) is 62.4 Å². The standard InChI is InChI=1S/C21H24N4O3S2/c1-15(2)25(4)30(27,28)19-11-5-16(6-12-19)20(26)23-17-7-9-18(10-8-17)29-21-22-13-14-24(21)3/h5-15H,1-4H3,(H,23,26). The Morgan fingerprint density at radius 1 is 1.10 bits per heavy atom. The van der Waals surface area contributed by atoms with Gasteiger partial charge in [0.05, 0.1) is 4.90 Å². The Kier molecular flexibility index (Phi) is 6.64. The Labute approximate surface area is 181 Å². The van der Waals surface area contributed by atoms with Crippen molar-refractivity contribution in [3.8, 4) is 0 Å². The quantitative estimate of drug-likeness (QED) is 0.598. The number of amides is 1. The number of aromatic nitrogens is 2. The normalized spacial score (nSPS) is 11.8. The number of rotatable bonds is 7. The maximum atomic E-state index is 12.5. The summed E-state index contributed by atoms with van der Waals surface area (Å²) in [5.41, 5.74) is 1.04. The summed E-state index contributed by atoms with van der Waals surface area (Å²) in [6, 6.07) is 13.2. The minimum Gasteiger partial charge on any atom is -0.329 e. The fourth-order valence-electron chi connectivity index (χ4n) is 2.59. The van der Waals surface area contributed by atoms with E-state index in [2.05, 4.69) is 10.3 Å². The summed E-state index contributed by atoms with van der Waals surface area (Å²) in [7, 11) is -0.107. The molecule has 0 atom stereocenters. The lowest BCUT2D eigenvalue weighted by molar-refractivity contribution is 0.102. The van der Waals surface area contributed by atoms with Gasteiger partial charge >= 0.3 is 0 Å². The van der Waals surface area contributed by atoms with Gasteiger partial charge in [0.15, 0.2) is 5.16 Å². The smallest absolute Gasteiger partial charge is 0.255 e. The lowest BCUT2D eigenvalue weighted by Gasteiger charge is -2.21. The van der Waals surface area contributed by atoms with Crippen LogP contribution in [0.4, 0.5) is 5.69 Å². The molecule has 3 aromatic rings. The first-order valence-electron chi connectivity index (χ1n) is 9.33. The number of aryl methyl sites for hydroxylation is 1. The van der Waals surface area contributed by atoms with Gasteiger partial charge in [-0.1, -0.05) is 11.8 Å². The van der Waals surface area contributed by atoms with E-state index in [9.17, 15) is 13.2 Å². The molecule has 0 radical (unpaired) electrons. The van der Waals surface area contributed by atoms with Crippen LogP contribution < -0.4 is 5.32 Å². The van der Waals surface area contributed by atoms with Gasteiger partial charge in [-0.25, -0.2) is 13.4 Å². The second-order valence-electron chi connectivity index (χ2n) is 7.04. The second kappa shape index (κ2) is 9.03. The molecule has 0 aliphatic carbocycles. The second-order valence-corrected chi connectivity index (χ2v) is 10.1. The van der Waals surface area contributed by atoms with Gasteiger partial charge in [0.2, 0.25) is 10.0 Å². The lowest BCUT2D eigenvalue weighted by Crippen LogP contribution is -2.33. The van der Waals surface area contributed by atoms with Gasteiger partial charge in [-0.15, -0.1) is 0 Å². The van der Waals surface area contributed by atoms with Crippen molar-refractivity contribution in [2.45, 2.75) is 34.8 Å². The predicted octanol–water partition coefficient (Wildman–Crippen LogP) is 3.85. The Bertz CT molecular complexity index is 1120. The summed E-state index contributed by atoms with van der Waals surface area (Å²) >= 11 is 1.53. The maximum Gasteiger partial charge on any atom is 0.255 e. The molecule has 1 N–H and O–H groups in total. The fraction of sp³-hybridized carbons (Fsp3) is 0.238. The number of anilines is 1. The Morgan fingerprint density at radius 2 is 1.73 bits per heavy atom. The van der Waals surface area contributed by atoms with Crippen molar-refractivity contribution >= 4 is 33.4 Å². The summed E-state index contributed by atoms with van der Waals surface area (Å²) in [5.74, 6) is -0.305. The number of imidazole rings is 1. The van der Waals surface area contributed by atoms with Crippen molar-refractivity contribution in [3.63, 3.8) is 0 Å². The van der Waals surface area contributed by atoms with Crippen LogP contribution >= 0.6 is 11.8 Å². The number of sulfonamides is 1. The molecule has 0 unspecified atom stereocenters. The van der Waals surface area contributed by atoms with E-state index in [0.29, 0.717) is 11.3 Å². The molecular formula is C21H24N4O3S2. The van der Waals surface area contributed by atoms with E-state index in [1.54, 1.807) is 20.0 Å². The summed E-state index contributed by atoms with van der Waals surface area (Å²) in [6.45, 7) is 3.61. The van der Waals surface area contributed by atoms with Crippen LogP contribution in [-0.4, -0.2) is 41.3 Å². The summed E-state index contributed by atoms with van der Waals surface area (Å²) in [6.07, 6.45) is 3.63. The summed E-state index contributed by atoms with van der Waals surface area (Å²) < 4.78 is 28.3. The molecule has 0 aliphatic rings. The molecule has 0 bridgehead atoms. The predicted molar refractivity (Wildman–Crippen MR) is 118 cm³/mol. The average molecular weight is 445 g/mol. The van der Waals surface area contributed by atoms with E-state index in [0.717, 1.165) is 10.1 Å². The number of nitrogens with zero attached hydrogens (tertiary/aromatic N) is 3. The van der Waals surface area contributed by atoms with Crippen LogP contribution in [0, 0.1) is 0 Å². The van der Waals surface area contributed by atoms with E-state index in [4.69, 9.17) is 0 Å². The molecule has 9 heteroatoms. The molecule has 2 aromatic carbocycles. The van der Waals surface area contributed by atoms with Crippen molar-refractivity contribution in [1.82, 2.24) is 13.9 Å². The highest BCUT2D eigenvalue weighted by molar-refractivity contribution is 7.99. The monoisotopic (exact) mass is 444 g/mol. The van der Waals surface area contributed by atoms with Gasteiger partial charge in [0.25, 0.3) is 5.91 Å². The van der Waals surface area contributed by atoms with Gasteiger partial charge in [0, 0.05) is 48.7 Å².